The Labute approximate surface area is 124 Å². The van der Waals surface area contributed by atoms with Gasteiger partial charge >= 0.3 is 5.97 Å². The van der Waals surface area contributed by atoms with Crippen molar-refractivity contribution in [1.82, 2.24) is 5.32 Å². The van der Waals surface area contributed by atoms with Crippen LogP contribution in [0.5, 0.6) is 0 Å². The summed E-state index contributed by atoms with van der Waals surface area (Å²) in [5, 5.41) is 11.7. The molecule has 1 amide bonds. The fourth-order valence-electron chi connectivity index (χ4n) is 2.04. The Bertz CT molecular complexity index is 500. The molecular weight excluding hydrogens is 270 g/mol. The molecule has 21 heavy (non-hydrogen) atoms. The predicted octanol–water partition coefficient (Wildman–Crippen LogP) is 1.95. The number of carbonyl (C=O) groups is 2. The van der Waals surface area contributed by atoms with E-state index in [4.69, 9.17) is 4.74 Å². The molecule has 2 N–H and O–H groups in total. The van der Waals surface area contributed by atoms with Gasteiger partial charge in [-0.1, -0.05) is 36.4 Å². The van der Waals surface area contributed by atoms with Crippen LogP contribution in [0.1, 0.15) is 24.8 Å². The van der Waals surface area contributed by atoms with E-state index in [9.17, 15) is 14.7 Å². The summed E-state index contributed by atoms with van der Waals surface area (Å²) in [5.41, 5.74) is -0.472. The van der Waals surface area contributed by atoms with Crippen LogP contribution in [0.25, 0.3) is 0 Å². The highest BCUT2D eigenvalue weighted by molar-refractivity contribution is 5.87. The number of benzene rings is 1. The number of carboxylic acid groups (broad SMARTS) is 1. The molecule has 1 aromatic carbocycles. The fourth-order valence-corrected chi connectivity index (χ4v) is 2.04. The third-order valence-electron chi connectivity index (χ3n) is 3.24. The molecule has 5 heteroatoms. The number of ether oxygens (including phenoxy) is 1. The average molecular weight is 291 g/mol. The lowest BCUT2D eigenvalue weighted by Gasteiger charge is -2.26. The quantitative estimate of drug-likeness (QED) is 0.718. The van der Waals surface area contributed by atoms with E-state index in [0.29, 0.717) is 0 Å². The van der Waals surface area contributed by atoms with Gasteiger partial charge in [-0.05, 0) is 12.5 Å². The summed E-state index contributed by atoms with van der Waals surface area (Å²) in [7, 11) is 1.39. The Morgan fingerprint density at radius 1 is 1.43 bits per heavy atom. The molecule has 2 unspecified atom stereocenters. The highest BCUT2D eigenvalue weighted by atomic mass is 16.5. The summed E-state index contributed by atoms with van der Waals surface area (Å²) in [6, 6.07) is 9.48. The predicted molar refractivity (Wildman–Crippen MR) is 80.1 cm³/mol. The number of carbonyl (C=O) groups excluding carboxylic acids is 1. The number of allylic oxidation sites excluding steroid dienone is 1. The minimum absolute atomic E-state index is 0.0990. The van der Waals surface area contributed by atoms with E-state index in [2.05, 4.69) is 11.9 Å². The maximum absolute atomic E-state index is 12.1. The van der Waals surface area contributed by atoms with Crippen molar-refractivity contribution in [2.75, 3.05) is 13.7 Å². The summed E-state index contributed by atoms with van der Waals surface area (Å²) in [4.78, 5) is 23.4. The summed E-state index contributed by atoms with van der Waals surface area (Å²) >= 11 is 0. The first-order chi connectivity index (χ1) is 9.92. The monoisotopic (exact) mass is 291 g/mol. The van der Waals surface area contributed by atoms with Crippen LogP contribution < -0.4 is 5.32 Å². The first-order valence-electron chi connectivity index (χ1n) is 6.64. The van der Waals surface area contributed by atoms with Crippen LogP contribution in [-0.4, -0.2) is 36.2 Å². The zero-order chi connectivity index (χ0) is 15.9. The summed E-state index contributed by atoms with van der Waals surface area (Å²) in [5.74, 6) is -1.65. The smallest absolute Gasteiger partial charge is 0.331 e. The molecule has 0 aliphatic heterocycles. The zero-order valence-corrected chi connectivity index (χ0v) is 12.3. The Hall–Kier alpha value is -2.14. The van der Waals surface area contributed by atoms with Crippen molar-refractivity contribution in [1.29, 1.82) is 0 Å². The second-order valence-electron chi connectivity index (χ2n) is 5.08. The van der Waals surface area contributed by atoms with E-state index in [1.54, 1.807) is 6.08 Å². The minimum atomic E-state index is -1.44. The van der Waals surface area contributed by atoms with Crippen molar-refractivity contribution < 1.29 is 19.4 Å². The molecule has 0 fully saturated rings. The van der Waals surface area contributed by atoms with Gasteiger partial charge in [0.25, 0.3) is 0 Å². The van der Waals surface area contributed by atoms with E-state index in [1.807, 2.05) is 30.3 Å². The normalized spacial score (nSPS) is 14.8. The molecule has 114 valence electrons. The third-order valence-corrected chi connectivity index (χ3v) is 3.24. The Kier molecular flexibility index (Phi) is 6.11. The molecule has 1 aromatic rings. The molecule has 0 radical (unpaired) electrons. The average Bonchev–Trinajstić information content (AvgIpc) is 2.45. The molecule has 2 atom stereocenters. The maximum atomic E-state index is 12.1. The van der Waals surface area contributed by atoms with Gasteiger partial charge in [0.15, 0.2) is 5.54 Å². The number of rotatable bonds is 8. The molecule has 0 saturated heterocycles. The van der Waals surface area contributed by atoms with Gasteiger partial charge in [-0.25, -0.2) is 4.79 Å². The van der Waals surface area contributed by atoms with Gasteiger partial charge in [0, 0.05) is 19.4 Å². The topological polar surface area (TPSA) is 75.6 Å². The molecule has 0 heterocycles. The van der Waals surface area contributed by atoms with Crippen LogP contribution in [0.3, 0.4) is 0 Å². The number of methoxy groups -OCH3 is 1. The molecule has 0 spiro atoms. The Morgan fingerprint density at radius 2 is 2.05 bits per heavy atom. The standard InChI is InChI=1S/C16H21NO4/c1-4-12(13-8-6-5-7-9-13)10-14(18)17-16(2,11-21-3)15(19)20/h4-9,12H,1,10-11H2,2-3H3,(H,17,18)(H,19,20). The van der Waals surface area contributed by atoms with Gasteiger partial charge in [-0.15, -0.1) is 6.58 Å². The van der Waals surface area contributed by atoms with Crippen molar-refractivity contribution in [3.8, 4) is 0 Å². The van der Waals surface area contributed by atoms with Crippen molar-refractivity contribution in [2.45, 2.75) is 24.8 Å². The third kappa shape index (κ3) is 4.72. The van der Waals surface area contributed by atoms with Crippen LogP contribution in [0.15, 0.2) is 43.0 Å². The Morgan fingerprint density at radius 3 is 2.52 bits per heavy atom. The van der Waals surface area contributed by atoms with Crippen molar-refractivity contribution in [3.05, 3.63) is 48.6 Å². The van der Waals surface area contributed by atoms with Gasteiger partial charge in [0.1, 0.15) is 0 Å². The number of nitrogens with one attached hydrogen (secondary N) is 1. The number of aliphatic carboxylic acids is 1. The number of amides is 1. The van der Waals surface area contributed by atoms with Crippen molar-refractivity contribution in [2.24, 2.45) is 0 Å². The molecule has 0 aliphatic carbocycles. The first kappa shape index (κ1) is 16.9. The largest absolute Gasteiger partial charge is 0.479 e. The van der Waals surface area contributed by atoms with Crippen LogP contribution in [0, 0.1) is 0 Å². The molecule has 1 rings (SSSR count). The van der Waals surface area contributed by atoms with Crippen LogP contribution in [0.4, 0.5) is 0 Å². The molecule has 5 nitrogen and oxygen atoms in total. The van der Waals surface area contributed by atoms with Crippen LogP contribution in [0.2, 0.25) is 0 Å². The number of hydrogen-bond acceptors (Lipinski definition) is 3. The van der Waals surface area contributed by atoms with E-state index in [0.717, 1.165) is 5.56 Å². The minimum Gasteiger partial charge on any atom is -0.479 e. The van der Waals surface area contributed by atoms with Gasteiger partial charge in [-0.2, -0.15) is 0 Å². The van der Waals surface area contributed by atoms with E-state index >= 15 is 0 Å². The molecule has 0 bridgehead atoms. The number of hydrogen-bond donors (Lipinski definition) is 2. The van der Waals surface area contributed by atoms with Gasteiger partial charge in [-0.3, -0.25) is 4.79 Å². The number of carboxylic acids is 1. The van der Waals surface area contributed by atoms with Gasteiger partial charge < -0.3 is 15.2 Å². The molecule has 0 saturated carbocycles. The lowest BCUT2D eigenvalue weighted by Crippen LogP contribution is -2.55. The summed E-state index contributed by atoms with van der Waals surface area (Å²) in [6.07, 6.45) is 1.82. The summed E-state index contributed by atoms with van der Waals surface area (Å²) < 4.78 is 4.87. The van der Waals surface area contributed by atoms with Gasteiger partial charge in [0.2, 0.25) is 5.91 Å². The van der Waals surface area contributed by atoms with E-state index < -0.39 is 11.5 Å². The van der Waals surface area contributed by atoms with Crippen LogP contribution >= 0.6 is 0 Å². The van der Waals surface area contributed by atoms with E-state index in [-0.39, 0.29) is 24.9 Å². The zero-order valence-electron chi connectivity index (χ0n) is 12.3. The summed E-state index contributed by atoms with van der Waals surface area (Å²) in [6.45, 7) is 5.06. The second-order valence-corrected chi connectivity index (χ2v) is 5.08. The van der Waals surface area contributed by atoms with E-state index in [1.165, 1.54) is 14.0 Å². The first-order valence-corrected chi connectivity index (χ1v) is 6.64. The lowest BCUT2D eigenvalue weighted by atomic mass is 9.94. The lowest BCUT2D eigenvalue weighted by molar-refractivity contribution is -0.149. The van der Waals surface area contributed by atoms with Crippen LogP contribution in [-0.2, 0) is 14.3 Å². The SMILES string of the molecule is C=CC(CC(=O)NC(C)(COC)C(=O)O)c1ccccc1. The second kappa shape index (κ2) is 7.59. The highest BCUT2D eigenvalue weighted by Gasteiger charge is 2.35. The van der Waals surface area contributed by atoms with Crippen molar-refractivity contribution in [3.63, 3.8) is 0 Å². The molecular formula is C16H21NO4. The molecule has 0 aliphatic rings. The molecule has 0 aromatic heterocycles. The highest BCUT2D eigenvalue weighted by Crippen LogP contribution is 2.21. The maximum Gasteiger partial charge on any atom is 0.331 e. The van der Waals surface area contributed by atoms with Gasteiger partial charge in [0.05, 0.1) is 6.61 Å². The van der Waals surface area contributed by atoms with Crippen molar-refractivity contribution >= 4 is 11.9 Å². The Balaban J connectivity index is 2.75. The fraction of sp³-hybridized carbons (Fsp3) is 0.375.